The van der Waals surface area contributed by atoms with E-state index in [4.69, 9.17) is 4.84 Å². The molecule has 0 amide bonds. The third-order valence-electron chi connectivity index (χ3n) is 2.79. The maximum atomic E-state index is 13.0. The molecule has 0 aliphatic heterocycles. The first kappa shape index (κ1) is 14.2. The largest absolute Gasteiger partial charge is 0.391 e. The quantitative estimate of drug-likeness (QED) is 0.595. The number of oxime groups is 1. The van der Waals surface area contributed by atoms with Gasteiger partial charge < -0.3 is 4.84 Å². The van der Waals surface area contributed by atoms with Gasteiger partial charge in [0.15, 0.2) is 0 Å². The van der Waals surface area contributed by atoms with Crippen LogP contribution in [0.1, 0.15) is 23.6 Å². The molecule has 20 heavy (non-hydrogen) atoms. The highest BCUT2D eigenvalue weighted by Crippen LogP contribution is 2.09. The van der Waals surface area contributed by atoms with Crippen LogP contribution in [-0.4, -0.2) is 6.21 Å². The number of hydrogen-bond donors (Lipinski definition) is 0. The van der Waals surface area contributed by atoms with Gasteiger partial charge in [0, 0.05) is 6.07 Å². The predicted octanol–water partition coefficient (Wildman–Crippen LogP) is 4.08. The molecular formula is C16H15F2NO. The van der Waals surface area contributed by atoms with Crippen molar-refractivity contribution in [1.82, 2.24) is 0 Å². The van der Waals surface area contributed by atoms with Gasteiger partial charge >= 0.3 is 0 Å². The molecule has 0 aliphatic carbocycles. The minimum Gasteiger partial charge on any atom is -0.391 e. The van der Waals surface area contributed by atoms with Crippen molar-refractivity contribution in [2.75, 3.05) is 0 Å². The fraction of sp³-hybridized carbons (Fsp3) is 0.188. The minimum absolute atomic E-state index is 0.0264. The molecule has 104 valence electrons. The molecular weight excluding hydrogens is 260 g/mol. The Balaban J connectivity index is 1.93. The first-order valence-electron chi connectivity index (χ1n) is 6.36. The van der Waals surface area contributed by atoms with Gasteiger partial charge in [-0.1, -0.05) is 36.3 Å². The molecule has 0 atom stereocenters. The molecule has 0 saturated heterocycles. The summed E-state index contributed by atoms with van der Waals surface area (Å²) < 4.78 is 25.9. The van der Waals surface area contributed by atoms with Crippen LogP contribution in [0.5, 0.6) is 0 Å². The molecule has 0 unspecified atom stereocenters. The third-order valence-corrected chi connectivity index (χ3v) is 2.79. The average Bonchev–Trinajstić information content (AvgIpc) is 2.43. The summed E-state index contributed by atoms with van der Waals surface area (Å²) in [5, 5.41) is 3.80. The van der Waals surface area contributed by atoms with E-state index in [2.05, 4.69) is 12.1 Å². The van der Waals surface area contributed by atoms with Crippen molar-refractivity contribution in [3.8, 4) is 0 Å². The molecule has 0 heterocycles. The van der Waals surface area contributed by atoms with Crippen molar-refractivity contribution in [3.63, 3.8) is 0 Å². The monoisotopic (exact) mass is 275 g/mol. The van der Waals surface area contributed by atoms with E-state index in [1.54, 1.807) is 6.21 Å². The molecule has 0 aliphatic rings. The van der Waals surface area contributed by atoms with Gasteiger partial charge in [0.25, 0.3) is 0 Å². The van der Waals surface area contributed by atoms with Gasteiger partial charge in [0.1, 0.15) is 18.2 Å². The maximum Gasteiger partial charge on any atom is 0.142 e. The third kappa shape index (κ3) is 4.16. The second kappa shape index (κ2) is 6.80. The normalized spacial score (nSPS) is 10.9. The molecule has 0 aromatic heterocycles. The van der Waals surface area contributed by atoms with E-state index in [1.165, 1.54) is 17.7 Å². The predicted molar refractivity (Wildman–Crippen MR) is 74.6 cm³/mol. The molecule has 0 fully saturated rings. The summed E-state index contributed by atoms with van der Waals surface area (Å²) in [6.45, 7) is 2.10. The molecule has 2 nitrogen and oxygen atoms in total. The van der Waals surface area contributed by atoms with Crippen LogP contribution < -0.4 is 0 Å². The molecule has 2 aromatic rings. The summed E-state index contributed by atoms with van der Waals surface area (Å²) in [6.07, 6.45) is 2.53. The Morgan fingerprint density at radius 3 is 2.50 bits per heavy atom. The number of hydrogen-bond acceptors (Lipinski definition) is 2. The summed E-state index contributed by atoms with van der Waals surface area (Å²) in [6, 6.07) is 11.2. The van der Waals surface area contributed by atoms with Crippen molar-refractivity contribution in [3.05, 3.63) is 70.8 Å². The zero-order valence-corrected chi connectivity index (χ0v) is 11.1. The Morgan fingerprint density at radius 2 is 1.80 bits per heavy atom. The molecule has 2 aromatic carbocycles. The second-order valence-electron chi connectivity index (χ2n) is 4.38. The van der Waals surface area contributed by atoms with Crippen molar-refractivity contribution in [1.29, 1.82) is 0 Å². The molecule has 4 heteroatoms. The number of benzene rings is 2. The van der Waals surface area contributed by atoms with E-state index in [1.807, 2.05) is 24.3 Å². The molecule has 0 radical (unpaired) electrons. The van der Waals surface area contributed by atoms with E-state index in [0.29, 0.717) is 5.56 Å². The van der Waals surface area contributed by atoms with E-state index in [9.17, 15) is 8.78 Å². The summed E-state index contributed by atoms with van der Waals surface area (Å²) in [5.41, 5.74) is 2.54. The molecule has 0 bridgehead atoms. The summed E-state index contributed by atoms with van der Waals surface area (Å²) >= 11 is 0. The minimum atomic E-state index is -0.622. The van der Waals surface area contributed by atoms with E-state index in [0.717, 1.165) is 18.1 Å². The van der Waals surface area contributed by atoms with Crippen LogP contribution in [0, 0.1) is 11.6 Å². The number of nitrogens with zero attached hydrogens (tertiary/aromatic N) is 1. The van der Waals surface area contributed by atoms with Crippen molar-refractivity contribution < 1.29 is 13.6 Å². The fourth-order valence-corrected chi connectivity index (χ4v) is 1.80. The van der Waals surface area contributed by atoms with Gasteiger partial charge in [0.2, 0.25) is 0 Å². The molecule has 0 spiro atoms. The van der Waals surface area contributed by atoms with Crippen molar-refractivity contribution in [2.45, 2.75) is 20.0 Å². The highest BCUT2D eigenvalue weighted by Gasteiger charge is 2.00. The Bertz CT molecular complexity index is 591. The van der Waals surface area contributed by atoms with Crippen LogP contribution in [0.15, 0.2) is 47.6 Å². The standard InChI is InChI=1S/C16H15F2NO/c1-2-12-4-3-5-13(6-12)10-19-20-11-14-7-15(17)9-16(18)8-14/h3-10H,2,11H2,1H3. The summed E-state index contributed by atoms with van der Waals surface area (Å²) in [4.78, 5) is 5.04. The topological polar surface area (TPSA) is 21.6 Å². The van der Waals surface area contributed by atoms with Crippen LogP contribution >= 0.6 is 0 Å². The van der Waals surface area contributed by atoms with Gasteiger partial charge in [-0.05, 0) is 35.2 Å². The zero-order chi connectivity index (χ0) is 14.4. The number of halogens is 2. The van der Waals surface area contributed by atoms with E-state index in [-0.39, 0.29) is 6.61 Å². The fourth-order valence-electron chi connectivity index (χ4n) is 1.80. The highest BCUT2D eigenvalue weighted by molar-refractivity contribution is 5.79. The van der Waals surface area contributed by atoms with E-state index < -0.39 is 11.6 Å². The van der Waals surface area contributed by atoms with Crippen molar-refractivity contribution >= 4 is 6.21 Å². The Hall–Kier alpha value is -2.23. The lowest BCUT2D eigenvalue weighted by atomic mass is 10.1. The highest BCUT2D eigenvalue weighted by atomic mass is 19.1. The lowest BCUT2D eigenvalue weighted by Crippen LogP contribution is -1.92. The molecule has 0 saturated carbocycles. The van der Waals surface area contributed by atoms with Gasteiger partial charge in [0.05, 0.1) is 6.21 Å². The summed E-state index contributed by atoms with van der Waals surface area (Å²) in [7, 11) is 0. The average molecular weight is 275 g/mol. The SMILES string of the molecule is CCc1cccc(C=NOCc2cc(F)cc(F)c2)c1. The summed E-state index contributed by atoms with van der Waals surface area (Å²) in [5.74, 6) is -1.24. The Morgan fingerprint density at radius 1 is 1.05 bits per heavy atom. The lowest BCUT2D eigenvalue weighted by molar-refractivity contribution is 0.131. The van der Waals surface area contributed by atoms with Crippen LogP contribution in [0.4, 0.5) is 8.78 Å². The van der Waals surface area contributed by atoms with E-state index >= 15 is 0 Å². The lowest BCUT2D eigenvalue weighted by Gasteiger charge is -2.01. The number of rotatable bonds is 5. The van der Waals surface area contributed by atoms with Gasteiger partial charge in [-0.15, -0.1) is 0 Å². The first-order chi connectivity index (χ1) is 9.67. The van der Waals surface area contributed by atoms with Crippen molar-refractivity contribution in [2.24, 2.45) is 5.16 Å². The zero-order valence-electron chi connectivity index (χ0n) is 11.1. The van der Waals surface area contributed by atoms with Crippen LogP contribution in [0.2, 0.25) is 0 Å². The second-order valence-corrected chi connectivity index (χ2v) is 4.38. The Labute approximate surface area is 116 Å². The van der Waals surface area contributed by atoms with Crippen LogP contribution in [0.3, 0.4) is 0 Å². The van der Waals surface area contributed by atoms with Crippen LogP contribution in [-0.2, 0) is 17.9 Å². The van der Waals surface area contributed by atoms with Gasteiger partial charge in [-0.3, -0.25) is 0 Å². The Kier molecular flexibility index (Phi) is 4.82. The first-order valence-corrected chi connectivity index (χ1v) is 6.36. The van der Waals surface area contributed by atoms with Crippen LogP contribution in [0.25, 0.3) is 0 Å². The van der Waals surface area contributed by atoms with Gasteiger partial charge in [-0.2, -0.15) is 0 Å². The number of aryl methyl sites for hydroxylation is 1. The smallest absolute Gasteiger partial charge is 0.142 e. The maximum absolute atomic E-state index is 13.0. The molecule has 0 N–H and O–H groups in total. The molecule has 2 rings (SSSR count). The van der Waals surface area contributed by atoms with Gasteiger partial charge in [-0.25, -0.2) is 8.78 Å².